The Hall–Kier alpha value is -1.43. The highest BCUT2D eigenvalue weighted by Crippen LogP contribution is 2.33. The molecule has 24 heavy (non-hydrogen) atoms. The molecule has 2 fully saturated rings. The summed E-state index contributed by atoms with van der Waals surface area (Å²) in [5.41, 5.74) is 1.21. The van der Waals surface area contributed by atoms with E-state index in [1.165, 1.54) is 5.56 Å². The molecule has 5 nitrogen and oxygen atoms in total. The number of ether oxygens (including phenoxy) is 2. The van der Waals surface area contributed by atoms with Crippen LogP contribution in [-0.4, -0.2) is 68.3 Å². The van der Waals surface area contributed by atoms with Gasteiger partial charge in [0.05, 0.1) is 19.3 Å². The summed E-state index contributed by atoms with van der Waals surface area (Å²) in [6, 6.07) is 10.3. The number of likely N-dealkylation sites (N-methyl/N-ethyl adjacent to an activating group) is 1. The summed E-state index contributed by atoms with van der Waals surface area (Å²) >= 11 is 0. The van der Waals surface area contributed by atoms with Gasteiger partial charge < -0.3 is 14.4 Å². The molecule has 1 amide bonds. The van der Waals surface area contributed by atoms with E-state index in [-0.39, 0.29) is 18.1 Å². The lowest BCUT2D eigenvalue weighted by Gasteiger charge is -2.33. The quantitative estimate of drug-likeness (QED) is 0.745. The van der Waals surface area contributed by atoms with Crippen molar-refractivity contribution < 1.29 is 14.3 Å². The van der Waals surface area contributed by atoms with Gasteiger partial charge >= 0.3 is 0 Å². The summed E-state index contributed by atoms with van der Waals surface area (Å²) in [4.78, 5) is 16.1. The Balaban J connectivity index is 1.38. The molecule has 1 aromatic rings. The first-order valence-electron chi connectivity index (χ1n) is 8.84. The minimum atomic E-state index is -0.246. The van der Waals surface area contributed by atoms with Crippen molar-refractivity contribution in [2.75, 3.05) is 40.3 Å². The average molecular weight is 332 g/mol. The van der Waals surface area contributed by atoms with Gasteiger partial charge in [0.1, 0.15) is 6.10 Å². The van der Waals surface area contributed by atoms with Crippen LogP contribution in [0.2, 0.25) is 0 Å². The van der Waals surface area contributed by atoms with Crippen LogP contribution in [0.5, 0.6) is 0 Å². The van der Waals surface area contributed by atoms with Crippen LogP contribution in [0.4, 0.5) is 0 Å². The predicted octanol–water partition coefficient (Wildman–Crippen LogP) is 1.77. The second-order valence-corrected chi connectivity index (χ2v) is 7.02. The number of benzene rings is 1. The minimum absolute atomic E-state index is 0.0992. The molecule has 132 valence electrons. The Bertz CT molecular complexity index is 535. The summed E-state index contributed by atoms with van der Waals surface area (Å²) in [5.74, 6) is 0.627. The molecule has 0 bridgehead atoms. The van der Waals surface area contributed by atoms with Gasteiger partial charge in [0.25, 0.3) is 5.91 Å². The van der Waals surface area contributed by atoms with Gasteiger partial charge in [-0.1, -0.05) is 30.3 Å². The number of likely N-dealkylation sites (tertiary alicyclic amines) is 1. The van der Waals surface area contributed by atoms with Crippen molar-refractivity contribution in [2.45, 2.75) is 31.7 Å². The summed E-state index contributed by atoms with van der Waals surface area (Å²) in [5, 5.41) is 0. The lowest BCUT2D eigenvalue weighted by Crippen LogP contribution is -2.43. The third-order valence-electron chi connectivity index (χ3n) is 5.02. The Morgan fingerprint density at radius 1 is 1.33 bits per heavy atom. The number of rotatable bonds is 6. The normalized spacial score (nSPS) is 27.0. The monoisotopic (exact) mass is 332 g/mol. The van der Waals surface area contributed by atoms with Gasteiger partial charge in [-0.3, -0.25) is 9.69 Å². The molecule has 0 aromatic heterocycles. The second-order valence-electron chi connectivity index (χ2n) is 7.02. The van der Waals surface area contributed by atoms with Gasteiger partial charge in [-0.2, -0.15) is 0 Å². The molecule has 0 spiro atoms. The lowest BCUT2D eigenvalue weighted by atomic mass is 9.91. The highest BCUT2D eigenvalue weighted by atomic mass is 16.5. The Kier molecular flexibility index (Phi) is 5.87. The SMILES string of the molecule is CN(C)C(=O)[C@@H]1C[C@H]2CCN(CCOCc3ccccc3)C[C@H]2O1. The zero-order chi connectivity index (χ0) is 16.9. The number of fused-ring (bicyclic) bond motifs is 1. The van der Waals surface area contributed by atoms with Gasteiger partial charge in [0.2, 0.25) is 0 Å². The number of carbonyl (C=O) groups excluding carboxylic acids is 1. The first-order valence-corrected chi connectivity index (χ1v) is 8.84. The number of hydrogen-bond donors (Lipinski definition) is 0. The summed E-state index contributed by atoms with van der Waals surface area (Å²) in [6.07, 6.45) is 1.94. The molecule has 1 aromatic carbocycles. The summed E-state index contributed by atoms with van der Waals surface area (Å²) in [6.45, 7) is 4.30. The Morgan fingerprint density at radius 2 is 2.12 bits per heavy atom. The van der Waals surface area contributed by atoms with E-state index in [1.54, 1.807) is 19.0 Å². The highest BCUT2D eigenvalue weighted by molar-refractivity contribution is 5.80. The number of carbonyl (C=O) groups is 1. The van der Waals surface area contributed by atoms with Crippen LogP contribution in [0, 0.1) is 5.92 Å². The van der Waals surface area contributed by atoms with E-state index < -0.39 is 0 Å². The van der Waals surface area contributed by atoms with Crippen LogP contribution in [0.3, 0.4) is 0 Å². The van der Waals surface area contributed by atoms with Crippen LogP contribution in [0.1, 0.15) is 18.4 Å². The van der Waals surface area contributed by atoms with Crippen molar-refractivity contribution in [2.24, 2.45) is 5.92 Å². The predicted molar refractivity (Wildman–Crippen MR) is 92.6 cm³/mol. The molecule has 3 rings (SSSR count). The zero-order valence-electron chi connectivity index (χ0n) is 14.7. The van der Waals surface area contributed by atoms with E-state index in [0.29, 0.717) is 12.5 Å². The molecular formula is C19H28N2O3. The van der Waals surface area contributed by atoms with E-state index in [2.05, 4.69) is 17.0 Å². The van der Waals surface area contributed by atoms with Gasteiger partial charge in [0, 0.05) is 27.2 Å². The van der Waals surface area contributed by atoms with Gasteiger partial charge in [-0.25, -0.2) is 0 Å². The highest BCUT2D eigenvalue weighted by Gasteiger charge is 2.42. The van der Waals surface area contributed by atoms with Gasteiger partial charge in [-0.15, -0.1) is 0 Å². The van der Waals surface area contributed by atoms with Crippen molar-refractivity contribution in [1.82, 2.24) is 9.80 Å². The van der Waals surface area contributed by atoms with Crippen molar-refractivity contribution in [3.8, 4) is 0 Å². The third kappa shape index (κ3) is 4.35. The fourth-order valence-corrected chi connectivity index (χ4v) is 3.60. The number of amides is 1. The second kappa shape index (κ2) is 8.10. The summed E-state index contributed by atoms with van der Waals surface area (Å²) in [7, 11) is 3.59. The van der Waals surface area contributed by atoms with Crippen LogP contribution in [-0.2, 0) is 20.9 Å². The van der Waals surface area contributed by atoms with Crippen LogP contribution < -0.4 is 0 Å². The maximum Gasteiger partial charge on any atom is 0.251 e. The first kappa shape index (κ1) is 17.4. The van der Waals surface area contributed by atoms with E-state index in [0.717, 1.165) is 39.1 Å². The molecule has 0 aliphatic carbocycles. The average Bonchev–Trinajstić information content (AvgIpc) is 3.02. The van der Waals surface area contributed by atoms with E-state index >= 15 is 0 Å². The van der Waals surface area contributed by atoms with Crippen molar-refractivity contribution in [1.29, 1.82) is 0 Å². The summed E-state index contributed by atoms with van der Waals surface area (Å²) < 4.78 is 11.8. The van der Waals surface area contributed by atoms with Crippen molar-refractivity contribution >= 4 is 5.91 Å². The maximum atomic E-state index is 12.1. The van der Waals surface area contributed by atoms with E-state index in [4.69, 9.17) is 9.47 Å². The molecule has 5 heteroatoms. The number of nitrogens with zero attached hydrogens (tertiary/aromatic N) is 2. The lowest BCUT2D eigenvalue weighted by molar-refractivity contribution is -0.141. The Labute approximate surface area is 144 Å². The van der Waals surface area contributed by atoms with Crippen molar-refractivity contribution in [3.63, 3.8) is 0 Å². The van der Waals surface area contributed by atoms with E-state index in [1.807, 2.05) is 18.2 Å². The molecule has 0 saturated carbocycles. The zero-order valence-corrected chi connectivity index (χ0v) is 14.7. The molecule has 3 atom stereocenters. The van der Waals surface area contributed by atoms with Gasteiger partial charge in [0.15, 0.2) is 0 Å². The molecule has 2 aliphatic heterocycles. The standard InChI is InChI=1S/C19H28N2O3/c1-20(2)19(22)17-12-16-8-9-21(13-18(16)24-17)10-11-23-14-15-6-4-3-5-7-15/h3-7,16-18H,8-14H2,1-2H3/t16-,17+,18-/m1/s1. The Morgan fingerprint density at radius 3 is 2.88 bits per heavy atom. The van der Waals surface area contributed by atoms with Crippen LogP contribution >= 0.6 is 0 Å². The molecule has 0 radical (unpaired) electrons. The number of hydrogen-bond acceptors (Lipinski definition) is 4. The van der Waals surface area contributed by atoms with E-state index in [9.17, 15) is 4.79 Å². The maximum absolute atomic E-state index is 12.1. The van der Waals surface area contributed by atoms with Crippen molar-refractivity contribution in [3.05, 3.63) is 35.9 Å². The smallest absolute Gasteiger partial charge is 0.251 e. The number of piperidine rings is 1. The molecule has 0 N–H and O–H groups in total. The molecule has 2 heterocycles. The van der Waals surface area contributed by atoms with Crippen LogP contribution in [0.25, 0.3) is 0 Å². The molecule has 2 saturated heterocycles. The molecular weight excluding hydrogens is 304 g/mol. The van der Waals surface area contributed by atoms with Crippen LogP contribution in [0.15, 0.2) is 30.3 Å². The molecule has 0 unspecified atom stereocenters. The topological polar surface area (TPSA) is 42.0 Å². The fourth-order valence-electron chi connectivity index (χ4n) is 3.60. The largest absolute Gasteiger partial charge is 0.375 e. The fraction of sp³-hybridized carbons (Fsp3) is 0.632. The minimum Gasteiger partial charge on any atom is -0.375 e. The first-order chi connectivity index (χ1) is 11.6. The third-order valence-corrected chi connectivity index (χ3v) is 5.02. The van der Waals surface area contributed by atoms with Gasteiger partial charge in [-0.05, 0) is 30.9 Å². The molecule has 2 aliphatic rings.